The highest BCUT2D eigenvalue weighted by Crippen LogP contribution is 2.30. The molecule has 1 aromatic carbocycles. The van der Waals surface area contributed by atoms with Crippen molar-refractivity contribution in [1.29, 1.82) is 0 Å². The van der Waals surface area contributed by atoms with Crippen LogP contribution in [0.3, 0.4) is 0 Å². The van der Waals surface area contributed by atoms with Crippen LogP contribution in [0.2, 0.25) is 5.02 Å². The summed E-state index contributed by atoms with van der Waals surface area (Å²) >= 11 is 5.94. The molecule has 17 heavy (non-hydrogen) atoms. The molecule has 4 nitrogen and oxygen atoms in total. The summed E-state index contributed by atoms with van der Waals surface area (Å²) in [6.07, 6.45) is 0.845. The molecule has 5 heteroatoms. The number of halogens is 1. The summed E-state index contributed by atoms with van der Waals surface area (Å²) < 4.78 is 4.90. The topological polar surface area (TPSA) is 55.6 Å². The third-order valence-corrected chi connectivity index (χ3v) is 3.11. The summed E-state index contributed by atoms with van der Waals surface area (Å²) in [6, 6.07) is 4.97. The molecule has 1 amide bonds. The van der Waals surface area contributed by atoms with E-state index in [0.717, 1.165) is 17.7 Å². The molecule has 0 saturated heterocycles. The predicted molar refractivity (Wildman–Crippen MR) is 67.4 cm³/mol. The van der Waals surface area contributed by atoms with Gasteiger partial charge in [-0.25, -0.2) is 0 Å². The van der Waals surface area contributed by atoms with E-state index in [-0.39, 0.29) is 12.5 Å². The van der Waals surface area contributed by atoms with Gasteiger partial charge >= 0.3 is 0 Å². The van der Waals surface area contributed by atoms with E-state index in [1.54, 1.807) is 11.0 Å². The van der Waals surface area contributed by atoms with E-state index >= 15 is 0 Å². The van der Waals surface area contributed by atoms with Crippen molar-refractivity contribution >= 4 is 23.2 Å². The lowest BCUT2D eigenvalue weighted by Crippen LogP contribution is -2.45. The molecule has 0 fully saturated rings. The molecule has 2 N–H and O–H groups in total. The Balaban J connectivity index is 2.21. The Morgan fingerprint density at radius 1 is 1.65 bits per heavy atom. The largest absolute Gasteiger partial charge is 0.383 e. The number of amides is 1. The van der Waals surface area contributed by atoms with Crippen molar-refractivity contribution in [3.05, 3.63) is 28.8 Å². The number of ether oxygens (including phenoxy) is 1. The number of carbonyl (C=O) groups is 1. The smallest absolute Gasteiger partial charge is 0.246 e. The summed E-state index contributed by atoms with van der Waals surface area (Å²) in [7, 11) is 1.53. The molecule has 0 saturated carbocycles. The Kier molecular flexibility index (Phi) is 3.66. The fourth-order valence-corrected chi connectivity index (χ4v) is 2.20. The van der Waals surface area contributed by atoms with Gasteiger partial charge in [0.05, 0.1) is 6.61 Å². The molecule has 1 aliphatic heterocycles. The van der Waals surface area contributed by atoms with Gasteiger partial charge in [-0.3, -0.25) is 4.79 Å². The molecule has 0 bridgehead atoms. The standard InChI is InChI=1S/C12H15ClN2O2/c1-17-7-10(14)12(16)15-5-4-8-2-3-9(13)6-11(8)15/h2-3,6,10H,4-5,7,14H2,1H3. The average Bonchev–Trinajstić information content (AvgIpc) is 2.71. The normalized spacial score (nSPS) is 15.8. The van der Waals surface area contributed by atoms with Gasteiger partial charge in [-0.15, -0.1) is 0 Å². The van der Waals surface area contributed by atoms with Crippen LogP contribution in [0, 0.1) is 0 Å². The van der Waals surface area contributed by atoms with Gasteiger partial charge in [-0.05, 0) is 24.1 Å². The Morgan fingerprint density at radius 2 is 2.41 bits per heavy atom. The number of hydrogen-bond donors (Lipinski definition) is 1. The van der Waals surface area contributed by atoms with Crippen molar-refractivity contribution in [2.24, 2.45) is 5.73 Å². The zero-order chi connectivity index (χ0) is 12.4. The molecule has 1 unspecified atom stereocenters. The first kappa shape index (κ1) is 12.4. The van der Waals surface area contributed by atoms with Crippen LogP contribution in [0.5, 0.6) is 0 Å². The number of carbonyl (C=O) groups excluding carboxylic acids is 1. The first-order valence-electron chi connectivity index (χ1n) is 5.48. The maximum atomic E-state index is 12.1. The molecule has 0 aliphatic carbocycles. The maximum absolute atomic E-state index is 12.1. The lowest BCUT2D eigenvalue weighted by molar-refractivity contribution is -0.120. The lowest BCUT2D eigenvalue weighted by Gasteiger charge is -2.21. The average molecular weight is 255 g/mol. The number of hydrogen-bond acceptors (Lipinski definition) is 3. The lowest BCUT2D eigenvalue weighted by atomic mass is 10.2. The number of nitrogens with zero attached hydrogens (tertiary/aromatic N) is 1. The zero-order valence-corrected chi connectivity index (χ0v) is 10.4. The molecule has 0 radical (unpaired) electrons. The van der Waals surface area contributed by atoms with E-state index in [0.29, 0.717) is 11.6 Å². The van der Waals surface area contributed by atoms with Gasteiger partial charge in [-0.2, -0.15) is 0 Å². The third kappa shape index (κ3) is 2.44. The monoisotopic (exact) mass is 254 g/mol. The number of rotatable bonds is 3. The van der Waals surface area contributed by atoms with Gasteiger partial charge < -0.3 is 15.4 Å². The SMILES string of the molecule is COCC(N)C(=O)N1CCc2ccc(Cl)cc21. The van der Waals surface area contributed by atoms with Crippen LogP contribution in [0.4, 0.5) is 5.69 Å². The van der Waals surface area contributed by atoms with Gasteiger partial charge in [0.1, 0.15) is 6.04 Å². The Bertz CT molecular complexity index is 437. The molecular weight excluding hydrogens is 240 g/mol. The predicted octanol–water partition coefficient (Wildman–Crippen LogP) is 1.20. The van der Waals surface area contributed by atoms with Crippen molar-refractivity contribution in [3.8, 4) is 0 Å². The Hall–Kier alpha value is -1.10. The number of methoxy groups -OCH3 is 1. The highest BCUT2D eigenvalue weighted by Gasteiger charge is 2.28. The highest BCUT2D eigenvalue weighted by atomic mass is 35.5. The quantitative estimate of drug-likeness (QED) is 0.882. The van der Waals surface area contributed by atoms with Gasteiger partial charge in [0, 0.05) is 24.4 Å². The Labute approximate surface area is 105 Å². The molecule has 1 aliphatic rings. The third-order valence-electron chi connectivity index (χ3n) is 2.87. The van der Waals surface area contributed by atoms with Crippen LogP contribution in [0.1, 0.15) is 5.56 Å². The number of nitrogens with two attached hydrogens (primary N) is 1. The van der Waals surface area contributed by atoms with Crippen molar-refractivity contribution in [3.63, 3.8) is 0 Å². The fraction of sp³-hybridized carbons (Fsp3) is 0.417. The van der Waals surface area contributed by atoms with E-state index in [9.17, 15) is 4.79 Å². The minimum Gasteiger partial charge on any atom is -0.383 e. The van der Waals surface area contributed by atoms with E-state index in [1.165, 1.54) is 7.11 Å². The maximum Gasteiger partial charge on any atom is 0.246 e. The molecule has 0 aromatic heterocycles. The van der Waals surface area contributed by atoms with Crippen LogP contribution in [-0.4, -0.2) is 32.2 Å². The first-order chi connectivity index (χ1) is 8.13. The minimum atomic E-state index is -0.620. The summed E-state index contributed by atoms with van der Waals surface area (Å²) in [4.78, 5) is 13.8. The van der Waals surface area contributed by atoms with E-state index in [2.05, 4.69) is 0 Å². The second kappa shape index (κ2) is 5.04. The molecule has 92 valence electrons. The zero-order valence-electron chi connectivity index (χ0n) is 9.65. The van der Waals surface area contributed by atoms with E-state index in [4.69, 9.17) is 22.1 Å². The van der Waals surface area contributed by atoms with Crippen molar-refractivity contribution in [1.82, 2.24) is 0 Å². The van der Waals surface area contributed by atoms with Crippen LogP contribution in [-0.2, 0) is 16.0 Å². The van der Waals surface area contributed by atoms with Gasteiger partial charge in [0.25, 0.3) is 0 Å². The molecule has 1 aromatic rings. The molecular formula is C12H15ClN2O2. The van der Waals surface area contributed by atoms with Gasteiger partial charge in [-0.1, -0.05) is 17.7 Å². The first-order valence-corrected chi connectivity index (χ1v) is 5.85. The van der Waals surface area contributed by atoms with Crippen LogP contribution in [0.25, 0.3) is 0 Å². The molecule has 2 rings (SSSR count). The van der Waals surface area contributed by atoms with Gasteiger partial charge in [0.15, 0.2) is 0 Å². The fourth-order valence-electron chi connectivity index (χ4n) is 2.03. The number of anilines is 1. The van der Waals surface area contributed by atoms with Crippen LogP contribution >= 0.6 is 11.6 Å². The van der Waals surface area contributed by atoms with Crippen LogP contribution < -0.4 is 10.6 Å². The molecule has 1 atom stereocenters. The second-order valence-electron chi connectivity index (χ2n) is 4.07. The Morgan fingerprint density at radius 3 is 3.12 bits per heavy atom. The van der Waals surface area contributed by atoms with E-state index < -0.39 is 6.04 Å². The highest BCUT2D eigenvalue weighted by molar-refractivity contribution is 6.31. The van der Waals surface area contributed by atoms with Gasteiger partial charge in [0.2, 0.25) is 5.91 Å². The molecule has 0 spiro atoms. The van der Waals surface area contributed by atoms with Crippen molar-refractivity contribution in [2.45, 2.75) is 12.5 Å². The summed E-state index contributed by atoms with van der Waals surface area (Å²) in [5.74, 6) is -0.118. The summed E-state index contributed by atoms with van der Waals surface area (Å²) in [5.41, 5.74) is 7.75. The summed E-state index contributed by atoms with van der Waals surface area (Å²) in [6.45, 7) is 0.886. The summed E-state index contributed by atoms with van der Waals surface area (Å²) in [5, 5.41) is 0.628. The molecule has 1 heterocycles. The number of benzene rings is 1. The van der Waals surface area contributed by atoms with Crippen molar-refractivity contribution < 1.29 is 9.53 Å². The van der Waals surface area contributed by atoms with Crippen LogP contribution in [0.15, 0.2) is 18.2 Å². The van der Waals surface area contributed by atoms with E-state index in [1.807, 2.05) is 12.1 Å². The minimum absolute atomic E-state index is 0.118. The number of fused-ring (bicyclic) bond motifs is 1. The van der Waals surface area contributed by atoms with Crippen molar-refractivity contribution in [2.75, 3.05) is 25.2 Å². The second-order valence-corrected chi connectivity index (χ2v) is 4.51.